The Hall–Kier alpha value is 0.150. The smallest absolute Gasteiger partial charge is 0.183 e. The fourth-order valence-electron chi connectivity index (χ4n) is 1.08. The molecule has 5 nitrogen and oxygen atoms in total. The molecule has 0 saturated carbocycles. The van der Waals surface area contributed by atoms with Crippen molar-refractivity contribution >= 4 is 12.6 Å². The summed E-state index contributed by atoms with van der Waals surface area (Å²) in [7, 11) is 0. The number of aliphatic hydroxyl groups is 4. The monoisotopic (exact) mass is 196 g/mol. The van der Waals surface area contributed by atoms with E-state index in [1.165, 1.54) is 0 Å². The number of hydrogen-bond acceptors (Lipinski definition) is 6. The quantitative estimate of drug-likeness (QED) is 0.305. The first-order valence-corrected chi connectivity index (χ1v) is 4.19. The Morgan fingerprint density at radius 1 is 1.00 bits per heavy atom. The third kappa shape index (κ3) is 1.73. The summed E-state index contributed by atoms with van der Waals surface area (Å²) in [6, 6.07) is 0. The van der Waals surface area contributed by atoms with Gasteiger partial charge in [-0.05, 0) is 0 Å². The highest BCUT2D eigenvalue weighted by atomic mass is 32.1. The molecular formula is C6H12O5S. The Labute approximate surface area is 75.0 Å². The Morgan fingerprint density at radius 3 is 2.08 bits per heavy atom. The van der Waals surface area contributed by atoms with E-state index in [0.717, 1.165) is 0 Å². The van der Waals surface area contributed by atoms with Crippen LogP contribution in [0.2, 0.25) is 0 Å². The van der Waals surface area contributed by atoms with Gasteiger partial charge in [0.05, 0.1) is 6.10 Å². The van der Waals surface area contributed by atoms with Crippen LogP contribution in [0.3, 0.4) is 0 Å². The van der Waals surface area contributed by atoms with Gasteiger partial charge in [-0.15, -0.1) is 0 Å². The minimum atomic E-state index is -1.46. The molecule has 0 aromatic carbocycles. The molecule has 0 amide bonds. The summed E-state index contributed by atoms with van der Waals surface area (Å²) in [5.74, 6) is 0.169. The van der Waals surface area contributed by atoms with Gasteiger partial charge in [0.25, 0.3) is 0 Å². The van der Waals surface area contributed by atoms with E-state index in [2.05, 4.69) is 12.6 Å². The van der Waals surface area contributed by atoms with Crippen LogP contribution in [0.1, 0.15) is 0 Å². The first-order chi connectivity index (χ1) is 5.57. The molecule has 1 rings (SSSR count). The number of ether oxygens (including phenoxy) is 1. The van der Waals surface area contributed by atoms with Gasteiger partial charge >= 0.3 is 0 Å². The molecular weight excluding hydrogens is 184 g/mol. The summed E-state index contributed by atoms with van der Waals surface area (Å²) in [4.78, 5) is 0. The Morgan fingerprint density at radius 2 is 1.58 bits per heavy atom. The molecule has 1 aliphatic heterocycles. The molecule has 0 radical (unpaired) electrons. The lowest BCUT2D eigenvalue weighted by Gasteiger charge is -2.37. The van der Waals surface area contributed by atoms with Crippen molar-refractivity contribution in [1.29, 1.82) is 0 Å². The minimum Gasteiger partial charge on any atom is -0.388 e. The lowest BCUT2D eigenvalue weighted by molar-refractivity contribution is -0.276. The van der Waals surface area contributed by atoms with Gasteiger partial charge in [-0.1, -0.05) is 0 Å². The predicted molar refractivity (Wildman–Crippen MR) is 42.8 cm³/mol. The zero-order valence-corrected chi connectivity index (χ0v) is 7.13. The van der Waals surface area contributed by atoms with Crippen LogP contribution >= 0.6 is 12.6 Å². The number of thiol groups is 1. The van der Waals surface area contributed by atoms with Crippen molar-refractivity contribution < 1.29 is 25.2 Å². The van der Waals surface area contributed by atoms with E-state index in [0.29, 0.717) is 0 Å². The van der Waals surface area contributed by atoms with E-state index in [-0.39, 0.29) is 5.75 Å². The van der Waals surface area contributed by atoms with Crippen LogP contribution in [0, 0.1) is 0 Å². The van der Waals surface area contributed by atoms with Crippen LogP contribution in [0.15, 0.2) is 0 Å². The van der Waals surface area contributed by atoms with Gasteiger partial charge in [0.1, 0.15) is 18.3 Å². The van der Waals surface area contributed by atoms with E-state index in [4.69, 9.17) is 20.1 Å². The molecule has 4 unspecified atom stereocenters. The molecule has 12 heavy (non-hydrogen) atoms. The second kappa shape index (κ2) is 3.91. The summed E-state index contributed by atoms with van der Waals surface area (Å²) in [6.07, 6.45) is -6.26. The van der Waals surface area contributed by atoms with Gasteiger partial charge in [-0.3, -0.25) is 0 Å². The second-order valence-corrected chi connectivity index (χ2v) is 3.08. The van der Waals surface area contributed by atoms with Crippen molar-refractivity contribution in [2.24, 2.45) is 0 Å². The Kier molecular flexibility index (Phi) is 3.33. The fourth-order valence-corrected chi connectivity index (χ4v) is 1.38. The molecule has 5 atom stereocenters. The molecule has 1 heterocycles. The topological polar surface area (TPSA) is 90.2 Å². The summed E-state index contributed by atoms with van der Waals surface area (Å²) in [6.45, 7) is 0. The van der Waals surface area contributed by atoms with Crippen LogP contribution < -0.4 is 0 Å². The van der Waals surface area contributed by atoms with Crippen molar-refractivity contribution in [2.75, 3.05) is 5.75 Å². The summed E-state index contributed by atoms with van der Waals surface area (Å²) in [5, 5.41) is 36.4. The highest BCUT2D eigenvalue weighted by Crippen LogP contribution is 2.20. The number of hydrogen-bond donors (Lipinski definition) is 5. The molecule has 0 bridgehead atoms. The van der Waals surface area contributed by atoms with Crippen LogP contribution in [0.4, 0.5) is 0 Å². The van der Waals surface area contributed by atoms with Gasteiger partial charge < -0.3 is 25.2 Å². The van der Waals surface area contributed by atoms with Crippen molar-refractivity contribution in [3.8, 4) is 0 Å². The molecule has 6 heteroatoms. The minimum absolute atomic E-state index is 0.169. The highest BCUT2D eigenvalue weighted by molar-refractivity contribution is 7.80. The van der Waals surface area contributed by atoms with E-state index in [9.17, 15) is 5.11 Å². The standard InChI is InChI=1S/C6H12O5S/c7-3-2(1-12)11-6(10)5(9)4(3)8/h2-10,12H,1H2/t2?,3-,4?,5?,6?/m0/s1. The predicted octanol–water partition coefficient (Wildman–Crippen LogP) is -2.28. The molecule has 72 valence electrons. The maximum Gasteiger partial charge on any atom is 0.183 e. The zero-order valence-electron chi connectivity index (χ0n) is 6.24. The van der Waals surface area contributed by atoms with Gasteiger partial charge in [0.15, 0.2) is 6.29 Å². The van der Waals surface area contributed by atoms with Crippen molar-refractivity contribution in [2.45, 2.75) is 30.7 Å². The third-order valence-electron chi connectivity index (χ3n) is 1.87. The SMILES string of the molecule is OC1OC(CS)[C@H](O)C(O)C1O. The lowest BCUT2D eigenvalue weighted by Crippen LogP contribution is -2.57. The fraction of sp³-hybridized carbons (Fsp3) is 1.00. The third-order valence-corrected chi connectivity index (χ3v) is 2.23. The van der Waals surface area contributed by atoms with Gasteiger partial charge in [0, 0.05) is 5.75 Å². The van der Waals surface area contributed by atoms with Gasteiger partial charge in [-0.2, -0.15) is 12.6 Å². The van der Waals surface area contributed by atoms with Crippen molar-refractivity contribution in [3.63, 3.8) is 0 Å². The van der Waals surface area contributed by atoms with Crippen LogP contribution in [0.25, 0.3) is 0 Å². The average molecular weight is 196 g/mol. The maximum absolute atomic E-state index is 9.23. The molecule has 0 aromatic rings. The molecule has 1 saturated heterocycles. The van der Waals surface area contributed by atoms with Crippen LogP contribution in [-0.2, 0) is 4.74 Å². The van der Waals surface area contributed by atoms with E-state index < -0.39 is 30.7 Å². The lowest BCUT2D eigenvalue weighted by atomic mass is 10.0. The van der Waals surface area contributed by atoms with Crippen LogP contribution in [-0.4, -0.2) is 56.9 Å². The maximum atomic E-state index is 9.23. The van der Waals surface area contributed by atoms with Crippen LogP contribution in [0.5, 0.6) is 0 Å². The number of rotatable bonds is 1. The molecule has 0 aromatic heterocycles. The van der Waals surface area contributed by atoms with E-state index >= 15 is 0 Å². The highest BCUT2D eigenvalue weighted by Gasteiger charge is 2.42. The Balaban J connectivity index is 2.63. The Bertz CT molecular complexity index is 150. The van der Waals surface area contributed by atoms with Crippen molar-refractivity contribution in [3.05, 3.63) is 0 Å². The molecule has 1 fully saturated rings. The van der Waals surface area contributed by atoms with Gasteiger partial charge in [0.2, 0.25) is 0 Å². The normalized spacial score (nSPS) is 49.2. The average Bonchev–Trinajstić information content (AvgIpc) is 2.08. The molecule has 0 spiro atoms. The first-order valence-electron chi connectivity index (χ1n) is 3.56. The van der Waals surface area contributed by atoms with Crippen molar-refractivity contribution in [1.82, 2.24) is 0 Å². The van der Waals surface area contributed by atoms with Gasteiger partial charge in [-0.25, -0.2) is 0 Å². The largest absolute Gasteiger partial charge is 0.388 e. The summed E-state index contributed by atoms with van der Waals surface area (Å²) < 4.78 is 4.75. The first kappa shape index (κ1) is 10.2. The molecule has 4 N–H and O–H groups in total. The number of aliphatic hydroxyl groups excluding tert-OH is 4. The molecule has 1 aliphatic rings. The summed E-state index contributed by atoms with van der Waals surface area (Å²) in [5.41, 5.74) is 0. The van der Waals surface area contributed by atoms with E-state index in [1.807, 2.05) is 0 Å². The molecule has 0 aliphatic carbocycles. The van der Waals surface area contributed by atoms with E-state index in [1.54, 1.807) is 0 Å². The zero-order chi connectivity index (χ0) is 9.30. The summed E-state index contributed by atoms with van der Waals surface area (Å²) >= 11 is 3.84. The second-order valence-electron chi connectivity index (χ2n) is 2.72.